The van der Waals surface area contributed by atoms with Gasteiger partial charge in [0.15, 0.2) is 0 Å². The highest BCUT2D eigenvalue weighted by molar-refractivity contribution is 6.13. The molecule has 1 N–H and O–H groups in total. The fourth-order valence-electron chi connectivity index (χ4n) is 4.36. The summed E-state index contributed by atoms with van der Waals surface area (Å²) in [5, 5.41) is 2.62. The summed E-state index contributed by atoms with van der Waals surface area (Å²) in [5.41, 5.74) is 3.85. The summed E-state index contributed by atoms with van der Waals surface area (Å²) < 4.78 is 13.9. The molecule has 2 aromatic rings. The predicted octanol–water partition coefficient (Wildman–Crippen LogP) is 4.64. The predicted molar refractivity (Wildman–Crippen MR) is 115 cm³/mol. The van der Waals surface area contributed by atoms with Crippen LogP contribution in [0.25, 0.3) is 6.08 Å². The number of nitrogens with one attached hydrogen (secondary N) is 1. The zero-order chi connectivity index (χ0) is 21.6. The van der Waals surface area contributed by atoms with Crippen molar-refractivity contribution >= 4 is 23.7 Å². The van der Waals surface area contributed by atoms with E-state index in [1.165, 1.54) is 17.3 Å². The Morgan fingerprint density at radius 2 is 1.93 bits per heavy atom. The van der Waals surface area contributed by atoms with Crippen molar-refractivity contribution in [1.29, 1.82) is 0 Å². The third-order valence-electron chi connectivity index (χ3n) is 6.22. The summed E-state index contributed by atoms with van der Waals surface area (Å²) in [6, 6.07) is 11.7. The molecular formula is C24H26FN3O2. The van der Waals surface area contributed by atoms with Gasteiger partial charge < -0.3 is 10.2 Å². The fourth-order valence-corrected chi connectivity index (χ4v) is 4.36. The molecule has 2 aliphatic rings. The normalized spacial score (nSPS) is 21.8. The molecule has 3 amide bonds. The number of benzene rings is 2. The van der Waals surface area contributed by atoms with Gasteiger partial charge in [0.25, 0.3) is 5.91 Å². The Hall–Kier alpha value is -3.15. The van der Waals surface area contributed by atoms with Crippen LogP contribution in [0.4, 0.5) is 14.9 Å². The van der Waals surface area contributed by atoms with Crippen molar-refractivity contribution in [3.8, 4) is 0 Å². The van der Waals surface area contributed by atoms with Crippen LogP contribution in [0.5, 0.6) is 0 Å². The van der Waals surface area contributed by atoms with Gasteiger partial charge in [0, 0.05) is 23.8 Å². The first kappa shape index (κ1) is 20.1. The minimum absolute atomic E-state index is 0.0784. The lowest BCUT2D eigenvalue weighted by molar-refractivity contribution is -0.123. The van der Waals surface area contributed by atoms with Crippen molar-refractivity contribution in [1.82, 2.24) is 10.2 Å². The molecule has 0 spiro atoms. The molecule has 6 heteroatoms. The minimum atomic E-state index is -0.540. The van der Waals surface area contributed by atoms with E-state index in [4.69, 9.17) is 0 Å². The Kier molecular flexibility index (Phi) is 4.88. The molecule has 1 fully saturated rings. The van der Waals surface area contributed by atoms with Crippen molar-refractivity contribution in [3.05, 3.63) is 70.7 Å². The topological polar surface area (TPSA) is 52.7 Å². The van der Waals surface area contributed by atoms with Crippen molar-refractivity contribution in [2.24, 2.45) is 0 Å². The molecule has 30 heavy (non-hydrogen) atoms. The molecule has 0 saturated carbocycles. The summed E-state index contributed by atoms with van der Waals surface area (Å²) in [6.45, 7) is 6.58. The molecular weight excluding hydrogens is 381 g/mol. The van der Waals surface area contributed by atoms with Crippen LogP contribution in [0.2, 0.25) is 0 Å². The lowest BCUT2D eigenvalue weighted by Crippen LogP contribution is -2.45. The van der Waals surface area contributed by atoms with Crippen molar-refractivity contribution < 1.29 is 14.0 Å². The molecule has 0 unspecified atom stereocenters. The maximum absolute atomic E-state index is 13.9. The number of carbonyl (C=O) groups excluding carboxylic acids is 2. The van der Waals surface area contributed by atoms with Crippen LogP contribution < -0.4 is 10.2 Å². The highest BCUT2D eigenvalue weighted by Crippen LogP contribution is 2.42. The fraction of sp³-hybridized carbons (Fsp3) is 0.333. The molecule has 2 aliphatic heterocycles. The smallest absolute Gasteiger partial charge is 0.329 e. The van der Waals surface area contributed by atoms with Crippen LogP contribution in [0.3, 0.4) is 0 Å². The van der Waals surface area contributed by atoms with Crippen molar-refractivity contribution in [2.45, 2.75) is 45.2 Å². The van der Waals surface area contributed by atoms with Crippen LogP contribution in [0.1, 0.15) is 49.8 Å². The van der Waals surface area contributed by atoms with Gasteiger partial charge in [0.2, 0.25) is 0 Å². The van der Waals surface area contributed by atoms with Gasteiger partial charge in [0.05, 0.1) is 6.54 Å². The number of urea groups is 1. The Morgan fingerprint density at radius 3 is 2.67 bits per heavy atom. The maximum atomic E-state index is 13.9. The van der Waals surface area contributed by atoms with Gasteiger partial charge in [-0.25, -0.2) is 9.18 Å². The molecule has 4 rings (SSSR count). The number of amides is 3. The molecule has 0 aliphatic carbocycles. The molecule has 156 valence electrons. The largest absolute Gasteiger partial charge is 0.369 e. The van der Waals surface area contributed by atoms with E-state index in [1.807, 2.05) is 6.07 Å². The first-order valence-electron chi connectivity index (χ1n) is 10.1. The Bertz CT molecular complexity index is 1060. The maximum Gasteiger partial charge on any atom is 0.329 e. The van der Waals surface area contributed by atoms with E-state index in [0.717, 1.165) is 16.9 Å². The van der Waals surface area contributed by atoms with E-state index in [0.29, 0.717) is 11.5 Å². The van der Waals surface area contributed by atoms with Gasteiger partial charge >= 0.3 is 6.03 Å². The van der Waals surface area contributed by atoms with E-state index in [-0.39, 0.29) is 17.8 Å². The Morgan fingerprint density at radius 1 is 1.20 bits per heavy atom. The Balaban J connectivity index is 1.60. The second-order valence-electron chi connectivity index (χ2n) is 8.77. The first-order valence-corrected chi connectivity index (χ1v) is 10.1. The highest BCUT2D eigenvalue weighted by Gasteiger charge is 2.35. The number of anilines is 1. The standard InChI is InChI=1S/C24H26FN3O2/c1-15-13-24(2,3)27(4)21-10-9-16(11-18(15)21)12-20-22(29)28(23(30)26-20)14-17-7-5-6-8-19(17)25/h5-12,15H,13-14H2,1-4H3,(H,26,30)/b20-12-/t15-/m0/s1. The van der Waals surface area contributed by atoms with Gasteiger partial charge in [-0.2, -0.15) is 0 Å². The average Bonchev–Trinajstić information content (AvgIpc) is 2.95. The molecule has 1 saturated heterocycles. The SMILES string of the molecule is C[C@H]1CC(C)(C)N(C)c2ccc(/C=C3\NC(=O)N(Cc4ccccc4F)C3=O)cc21. The van der Waals surface area contributed by atoms with E-state index >= 15 is 0 Å². The zero-order valence-corrected chi connectivity index (χ0v) is 17.7. The molecule has 2 aromatic carbocycles. The summed E-state index contributed by atoms with van der Waals surface area (Å²) in [6.07, 6.45) is 2.72. The lowest BCUT2D eigenvalue weighted by Gasteiger charge is -2.45. The summed E-state index contributed by atoms with van der Waals surface area (Å²) in [7, 11) is 2.10. The van der Waals surface area contributed by atoms with Gasteiger partial charge in [-0.15, -0.1) is 0 Å². The van der Waals surface area contributed by atoms with Gasteiger partial charge in [0.1, 0.15) is 11.5 Å². The second kappa shape index (κ2) is 7.27. The average molecular weight is 407 g/mol. The van der Waals surface area contributed by atoms with Gasteiger partial charge in [-0.05, 0) is 61.6 Å². The highest BCUT2D eigenvalue weighted by atomic mass is 19.1. The van der Waals surface area contributed by atoms with Crippen molar-refractivity contribution in [3.63, 3.8) is 0 Å². The van der Waals surface area contributed by atoms with Crippen LogP contribution in [0, 0.1) is 5.82 Å². The summed E-state index contributed by atoms with van der Waals surface area (Å²) in [5.74, 6) is -0.505. The van der Waals surface area contributed by atoms with Gasteiger partial charge in [-0.1, -0.05) is 31.2 Å². The van der Waals surface area contributed by atoms with Crippen molar-refractivity contribution in [2.75, 3.05) is 11.9 Å². The third-order valence-corrected chi connectivity index (χ3v) is 6.22. The molecule has 0 radical (unpaired) electrons. The molecule has 1 atom stereocenters. The number of fused-ring (bicyclic) bond motifs is 1. The third kappa shape index (κ3) is 3.47. The summed E-state index contributed by atoms with van der Waals surface area (Å²) >= 11 is 0. The first-order chi connectivity index (χ1) is 14.2. The number of imide groups is 1. The molecule has 5 nitrogen and oxygen atoms in total. The number of hydrogen-bond acceptors (Lipinski definition) is 3. The monoisotopic (exact) mass is 407 g/mol. The number of nitrogens with zero attached hydrogens (tertiary/aromatic N) is 2. The number of rotatable bonds is 3. The van der Waals surface area contributed by atoms with Gasteiger partial charge in [-0.3, -0.25) is 9.69 Å². The second-order valence-corrected chi connectivity index (χ2v) is 8.77. The van der Waals surface area contributed by atoms with Crippen LogP contribution in [0.15, 0.2) is 48.2 Å². The Labute approximate surface area is 176 Å². The molecule has 0 bridgehead atoms. The van der Waals surface area contributed by atoms with Crippen LogP contribution >= 0.6 is 0 Å². The van der Waals surface area contributed by atoms with Crippen LogP contribution in [-0.2, 0) is 11.3 Å². The summed E-state index contributed by atoms with van der Waals surface area (Å²) in [4.78, 5) is 28.4. The minimum Gasteiger partial charge on any atom is -0.369 e. The van der Waals surface area contributed by atoms with E-state index in [2.05, 4.69) is 50.2 Å². The molecule has 0 aromatic heterocycles. The van der Waals surface area contributed by atoms with E-state index < -0.39 is 17.8 Å². The van der Waals surface area contributed by atoms with Crippen LogP contribution in [-0.4, -0.2) is 29.4 Å². The lowest BCUT2D eigenvalue weighted by atomic mass is 9.80. The number of hydrogen-bond donors (Lipinski definition) is 1. The quantitative estimate of drug-likeness (QED) is 0.596. The zero-order valence-electron chi connectivity index (χ0n) is 17.7. The number of halogens is 1. The number of carbonyl (C=O) groups is 2. The molecule has 2 heterocycles. The van der Waals surface area contributed by atoms with E-state index in [1.54, 1.807) is 24.3 Å². The van der Waals surface area contributed by atoms with E-state index in [9.17, 15) is 14.0 Å².